The molecule has 0 aliphatic heterocycles. The van der Waals surface area contributed by atoms with Crippen LogP contribution < -0.4 is 19.5 Å². The monoisotopic (exact) mass is 402 g/mol. The number of aromatic nitrogens is 1. The van der Waals surface area contributed by atoms with E-state index in [0.717, 1.165) is 26.6 Å². The Morgan fingerprint density at radius 3 is 2.48 bits per heavy atom. The first-order chi connectivity index (χ1) is 12.2. The molecule has 6 heteroatoms. The third kappa shape index (κ3) is 3.35. The highest BCUT2D eigenvalue weighted by atomic mass is 79.9. The van der Waals surface area contributed by atoms with Crippen LogP contribution in [0.2, 0.25) is 0 Å². The molecule has 0 amide bonds. The third-order valence-electron chi connectivity index (χ3n) is 3.98. The van der Waals surface area contributed by atoms with Crippen LogP contribution >= 0.6 is 15.9 Å². The number of ether oxygens (including phenoxy) is 3. The van der Waals surface area contributed by atoms with Crippen LogP contribution in [0, 0.1) is 0 Å². The molecule has 25 heavy (non-hydrogen) atoms. The van der Waals surface area contributed by atoms with Gasteiger partial charge in [0.1, 0.15) is 0 Å². The van der Waals surface area contributed by atoms with Gasteiger partial charge in [-0.2, -0.15) is 0 Å². The van der Waals surface area contributed by atoms with E-state index in [4.69, 9.17) is 14.2 Å². The van der Waals surface area contributed by atoms with Crippen LogP contribution in [-0.4, -0.2) is 26.3 Å². The standard InChI is InChI=1S/C19H19BrN2O3/c1-23-16-8-7-12(18(24-2)19(16)25-3)11-22-15-9-10-21-17-13(15)5-4-6-14(17)20/h4-10H,11H2,1-3H3,(H,21,22). The SMILES string of the molecule is COc1ccc(CNc2ccnc3c(Br)cccc23)c(OC)c1OC. The molecule has 0 aliphatic carbocycles. The summed E-state index contributed by atoms with van der Waals surface area (Å²) in [5.41, 5.74) is 2.90. The van der Waals surface area contributed by atoms with E-state index in [9.17, 15) is 0 Å². The zero-order valence-electron chi connectivity index (χ0n) is 14.3. The lowest BCUT2D eigenvalue weighted by Crippen LogP contribution is -2.04. The van der Waals surface area contributed by atoms with Crippen molar-refractivity contribution in [2.75, 3.05) is 26.6 Å². The van der Waals surface area contributed by atoms with E-state index in [2.05, 4.69) is 26.2 Å². The molecule has 3 aromatic rings. The van der Waals surface area contributed by atoms with Gasteiger partial charge in [0.15, 0.2) is 11.5 Å². The van der Waals surface area contributed by atoms with Crippen LogP contribution in [0.25, 0.3) is 10.9 Å². The van der Waals surface area contributed by atoms with E-state index in [1.165, 1.54) is 0 Å². The number of para-hydroxylation sites is 1. The molecule has 0 aliphatic rings. The summed E-state index contributed by atoms with van der Waals surface area (Å²) in [6, 6.07) is 11.8. The summed E-state index contributed by atoms with van der Waals surface area (Å²) < 4.78 is 17.3. The van der Waals surface area contributed by atoms with Crippen molar-refractivity contribution in [3.8, 4) is 17.2 Å². The lowest BCUT2D eigenvalue weighted by atomic mass is 10.1. The average molecular weight is 403 g/mol. The summed E-state index contributed by atoms with van der Waals surface area (Å²) in [6.45, 7) is 0.579. The van der Waals surface area contributed by atoms with Gasteiger partial charge in [0, 0.05) is 33.9 Å². The van der Waals surface area contributed by atoms with E-state index in [-0.39, 0.29) is 0 Å². The molecular weight excluding hydrogens is 384 g/mol. The zero-order chi connectivity index (χ0) is 17.8. The minimum absolute atomic E-state index is 0.579. The fourth-order valence-corrected chi connectivity index (χ4v) is 3.26. The molecule has 130 valence electrons. The Bertz CT molecular complexity index is 899. The van der Waals surface area contributed by atoms with Gasteiger partial charge >= 0.3 is 0 Å². The minimum Gasteiger partial charge on any atom is -0.493 e. The van der Waals surface area contributed by atoms with Crippen LogP contribution in [-0.2, 0) is 6.54 Å². The van der Waals surface area contributed by atoms with Gasteiger partial charge < -0.3 is 19.5 Å². The molecule has 2 aromatic carbocycles. The second kappa shape index (κ2) is 7.61. The first-order valence-corrected chi connectivity index (χ1v) is 8.53. The van der Waals surface area contributed by atoms with Crippen LogP contribution in [0.15, 0.2) is 47.1 Å². The first kappa shape index (κ1) is 17.4. The van der Waals surface area contributed by atoms with Gasteiger partial charge in [-0.05, 0) is 40.2 Å². The second-order valence-corrected chi connectivity index (χ2v) is 6.20. The van der Waals surface area contributed by atoms with Crippen molar-refractivity contribution in [3.05, 3.63) is 52.6 Å². The Kier molecular flexibility index (Phi) is 5.28. The summed E-state index contributed by atoms with van der Waals surface area (Å²) in [4.78, 5) is 4.43. The van der Waals surface area contributed by atoms with E-state index >= 15 is 0 Å². The normalized spacial score (nSPS) is 10.6. The van der Waals surface area contributed by atoms with Crippen molar-refractivity contribution in [2.45, 2.75) is 6.54 Å². The van der Waals surface area contributed by atoms with Crippen LogP contribution in [0.4, 0.5) is 5.69 Å². The number of nitrogens with zero attached hydrogens (tertiary/aromatic N) is 1. The molecule has 1 aromatic heterocycles. The lowest BCUT2D eigenvalue weighted by molar-refractivity contribution is 0.322. The number of hydrogen-bond donors (Lipinski definition) is 1. The molecule has 1 N–H and O–H groups in total. The molecule has 0 fully saturated rings. The van der Waals surface area contributed by atoms with Gasteiger partial charge in [0.2, 0.25) is 5.75 Å². The highest BCUT2D eigenvalue weighted by Crippen LogP contribution is 2.40. The molecule has 3 rings (SSSR count). The molecule has 0 bridgehead atoms. The number of anilines is 1. The fourth-order valence-electron chi connectivity index (χ4n) is 2.79. The van der Waals surface area contributed by atoms with Crippen molar-refractivity contribution in [3.63, 3.8) is 0 Å². The first-order valence-electron chi connectivity index (χ1n) is 7.74. The number of rotatable bonds is 6. The van der Waals surface area contributed by atoms with Gasteiger partial charge in [-0.15, -0.1) is 0 Å². The number of hydrogen-bond acceptors (Lipinski definition) is 5. The van der Waals surface area contributed by atoms with Crippen LogP contribution in [0.1, 0.15) is 5.56 Å². The van der Waals surface area contributed by atoms with E-state index in [1.54, 1.807) is 27.5 Å². The summed E-state index contributed by atoms with van der Waals surface area (Å²) in [5.74, 6) is 1.89. The molecule has 0 atom stereocenters. The molecule has 1 heterocycles. The van der Waals surface area contributed by atoms with E-state index in [1.807, 2.05) is 36.4 Å². The Hall–Kier alpha value is -2.47. The maximum atomic E-state index is 5.54. The third-order valence-corrected chi connectivity index (χ3v) is 4.62. The molecule has 5 nitrogen and oxygen atoms in total. The van der Waals surface area contributed by atoms with Gasteiger partial charge in [-0.25, -0.2) is 0 Å². The van der Waals surface area contributed by atoms with Crippen LogP contribution in [0.5, 0.6) is 17.2 Å². The van der Waals surface area contributed by atoms with Crippen molar-refractivity contribution in [1.29, 1.82) is 0 Å². The molecule has 0 radical (unpaired) electrons. The maximum absolute atomic E-state index is 5.54. The van der Waals surface area contributed by atoms with Gasteiger partial charge in [-0.3, -0.25) is 4.98 Å². The maximum Gasteiger partial charge on any atom is 0.203 e. The zero-order valence-corrected chi connectivity index (χ0v) is 15.9. The molecule has 0 saturated heterocycles. The topological polar surface area (TPSA) is 52.6 Å². The Labute approximate surface area is 155 Å². The average Bonchev–Trinajstić information content (AvgIpc) is 2.65. The minimum atomic E-state index is 0.579. The highest BCUT2D eigenvalue weighted by molar-refractivity contribution is 9.10. The van der Waals surface area contributed by atoms with Crippen LogP contribution in [0.3, 0.4) is 0 Å². The highest BCUT2D eigenvalue weighted by Gasteiger charge is 2.16. The summed E-state index contributed by atoms with van der Waals surface area (Å²) in [6.07, 6.45) is 1.79. The van der Waals surface area contributed by atoms with Crippen molar-refractivity contribution in [2.24, 2.45) is 0 Å². The smallest absolute Gasteiger partial charge is 0.203 e. The number of fused-ring (bicyclic) bond motifs is 1. The molecule has 0 spiro atoms. The molecule has 0 unspecified atom stereocenters. The van der Waals surface area contributed by atoms with Gasteiger partial charge in [0.05, 0.1) is 26.8 Å². The summed E-state index contributed by atoms with van der Waals surface area (Å²) >= 11 is 3.54. The molecular formula is C19H19BrN2O3. The predicted octanol–water partition coefficient (Wildman–Crippen LogP) is 4.64. The number of nitrogens with one attached hydrogen (secondary N) is 1. The number of halogens is 1. The second-order valence-electron chi connectivity index (χ2n) is 5.34. The Morgan fingerprint density at radius 2 is 1.76 bits per heavy atom. The molecule has 0 saturated carbocycles. The predicted molar refractivity (Wildman–Crippen MR) is 103 cm³/mol. The summed E-state index contributed by atoms with van der Waals surface area (Å²) in [5, 5.41) is 4.51. The lowest BCUT2D eigenvalue weighted by Gasteiger charge is -2.17. The summed E-state index contributed by atoms with van der Waals surface area (Å²) in [7, 11) is 4.83. The Balaban J connectivity index is 1.94. The van der Waals surface area contributed by atoms with E-state index in [0.29, 0.717) is 23.8 Å². The number of benzene rings is 2. The van der Waals surface area contributed by atoms with E-state index < -0.39 is 0 Å². The number of methoxy groups -OCH3 is 3. The van der Waals surface area contributed by atoms with Gasteiger partial charge in [-0.1, -0.05) is 12.1 Å². The van der Waals surface area contributed by atoms with Gasteiger partial charge in [0.25, 0.3) is 0 Å². The van der Waals surface area contributed by atoms with Crippen molar-refractivity contribution < 1.29 is 14.2 Å². The van der Waals surface area contributed by atoms with Crippen molar-refractivity contribution >= 4 is 32.5 Å². The fraction of sp³-hybridized carbons (Fsp3) is 0.211. The van der Waals surface area contributed by atoms with Crippen molar-refractivity contribution in [1.82, 2.24) is 4.98 Å². The quantitative estimate of drug-likeness (QED) is 0.650. The number of pyridine rings is 1. The largest absolute Gasteiger partial charge is 0.493 e. The Morgan fingerprint density at radius 1 is 0.960 bits per heavy atom.